The van der Waals surface area contributed by atoms with Crippen molar-refractivity contribution in [3.8, 4) is 0 Å². The molecule has 0 radical (unpaired) electrons. The monoisotopic (exact) mass is 512 g/mol. The summed E-state index contributed by atoms with van der Waals surface area (Å²) < 4.78 is 25.2. The molecule has 11 heteroatoms. The average molecular weight is 513 g/mol. The van der Waals surface area contributed by atoms with Gasteiger partial charge >= 0.3 is 0 Å². The maximum atomic E-state index is 13.6. The number of nitrogen functional groups attached to an aromatic ring is 1. The summed E-state index contributed by atoms with van der Waals surface area (Å²) in [6, 6.07) is 1.62. The van der Waals surface area contributed by atoms with Gasteiger partial charge in [-0.2, -0.15) is 4.39 Å². The van der Waals surface area contributed by atoms with E-state index in [-0.39, 0.29) is 21.0 Å². The molecule has 1 spiro atoms. The molecular weight excluding hydrogens is 483 g/mol. The van der Waals surface area contributed by atoms with E-state index in [0.717, 1.165) is 38.2 Å². The van der Waals surface area contributed by atoms with Gasteiger partial charge in [0.1, 0.15) is 15.9 Å². The van der Waals surface area contributed by atoms with Crippen LogP contribution in [0, 0.1) is 17.3 Å². The van der Waals surface area contributed by atoms with Gasteiger partial charge in [0, 0.05) is 24.2 Å². The summed E-state index contributed by atoms with van der Waals surface area (Å²) in [6.45, 7) is 5.78. The quantitative estimate of drug-likeness (QED) is 0.545. The SMILES string of the molecule is CC(C)(C[C@H]1CCCC12CCN(c1cnc(Sc3ccnc(F)c3Cl)c(N)n1)CC2)S(N)=O. The van der Waals surface area contributed by atoms with E-state index in [2.05, 4.69) is 19.9 Å². The zero-order valence-corrected chi connectivity index (χ0v) is 21.3. The molecule has 4 N–H and O–H groups in total. The summed E-state index contributed by atoms with van der Waals surface area (Å²) in [5.74, 6) is 0.856. The van der Waals surface area contributed by atoms with Gasteiger partial charge in [-0.25, -0.2) is 19.2 Å². The van der Waals surface area contributed by atoms with Crippen LogP contribution in [0.5, 0.6) is 0 Å². The van der Waals surface area contributed by atoms with Crippen molar-refractivity contribution < 1.29 is 8.60 Å². The first-order valence-electron chi connectivity index (χ1n) is 11.1. The van der Waals surface area contributed by atoms with Crippen LogP contribution < -0.4 is 15.8 Å². The third kappa shape index (κ3) is 5.13. The maximum Gasteiger partial charge on any atom is 0.232 e. The first-order valence-corrected chi connectivity index (χ1v) is 13.5. The van der Waals surface area contributed by atoms with Crippen LogP contribution >= 0.6 is 23.4 Å². The van der Waals surface area contributed by atoms with Crippen LogP contribution in [0.15, 0.2) is 28.4 Å². The standard InChI is InChI=1S/C22H30ClFN6OS2/c1-21(2,33(26)31)12-14-4-3-6-22(14)7-10-30(11-8-22)16-13-28-20(19(25)29-16)32-15-5-9-27-18(24)17(15)23/h5,9,13-14H,3-4,6-8,10-12,26H2,1-2H3,(H2,25,29)/t14-,33?/m1/s1. The van der Waals surface area contributed by atoms with Crippen molar-refractivity contribution >= 4 is 46.0 Å². The van der Waals surface area contributed by atoms with E-state index in [1.165, 1.54) is 37.2 Å². The molecule has 7 nitrogen and oxygen atoms in total. The molecule has 1 unspecified atom stereocenters. The predicted octanol–water partition coefficient (Wildman–Crippen LogP) is 4.58. The number of nitrogens with zero attached hydrogens (tertiary/aromatic N) is 4. The molecule has 180 valence electrons. The second-order valence-corrected chi connectivity index (χ2v) is 12.7. The normalized spacial score (nSPS) is 21.5. The lowest BCUT2D eigenvalue weighted by atomic mass is 9.68. The van der Waals surface area contributed by atoms with Crippen molar-refractivity contribution in [2.75, 3.05) is 23.7 Å². The first kappa shape index (κ1) is 24.6. The smallest absolute Gasteiger partial charge is 0.232 e. The fourth-order valence-corrected chi connectivity index (χ4v) is 6.60. The second-order valence-electron chi connectivity index (χ2n) is 9.63. The van der Waals surface area contributed by atoms with Crippen molar-refractivity contribution in [3.05, 3.63) is 29.4 Å². The van der Waals surface area contributed by atoms with Crippen molar-refractivity contribution in [1.29, 1.82) is 0 Å². The van der Waals surface area contributed by atoms with E-state index >= 15 is 0 Å². The Morgan fingerprint density at radius 3 is 2.73 bits per heavy atom. The van der Waals surface area contributed by atoms with Gasteiger partial charge in [0.2, 0.25) is 5.95 Å². The van der Waals surface area contributed by atoms with Crippen LogP contribution in [0.1, 0.15) is 52.4 Å². The highest BCUT2D eigenvalue weighted by Crippen LogP contribution is 2.53. The van der Waals surface area contributed by atoms with Crippen molar-refractivity contribution in [2.24, 2.45) is 16.5 Å². The number of hydrogen-bond donors (Lipinski definition) is 2. The summed E-state index contributed by atoms with van der Waals surface area (Å²) in [7, 11) is -1.33. The summed E-state index contributed by atoms with van der Waals surface area (Å²) in [5.41, 5.74) is 6.47. The Hall–Kier alpha value is -1.49. The minimum Gasteiger partial charge on any atom is -0.381 e. The number of halogens is 2. The number of hydrogen-bond acceptors (Lipinski definition) is 7. The van der Waals surface area contributed by atoms with Crippen LogP contribution in [0.3, 0.4) is 0 Å². The third-order valence-electron chi connectivity index (χ3n) is 7.23. The van der Waals surface area contributed by atoms with Gasteiger partial charge in [-0.3, -0.25) is 5.14 Å². The first-order chi connectivity index (χ1) is 15.6. The highest BCUT2D eigenvalue weighted by atomic mass is 35.5. The number of anilines is 2. The Morgan fingerprint density at radius 2 is 2.06 bits per heavy atom. The Morgan fingerprint density at radius 1 is 1.33 bits per heavy atom. The van der Waals surface area contributed by atoms with E-state index in [9.17, 15) is 8.60 Å². The largest absolute Gasteiger partial charge is 0.381 e. The summed E-state index contributed by atoms with van der Waals surface area (Å²) in [6.07, 6.45) is 9.71. The maximum absolute atomic E-state index is 13.6. The van der Waals surface area contributed by atoms with Gasteiger partial charge in [0.15, 0.2) is 5.82 Å². The summed E-state index contributed by atoms with van der Waals surface area (Å²) in [5, 5.41) is 6.19. The molecule has 33 heavy (non-hydrogen) atoms. The summed E-state index contributed by atoms with van der Waals surface area (Å²) >= 11 is 7.17. The molecule has 3 heterocycles. The molecule has 0 amide bonds. The van der Waals surface area contributed by atoms with Gasteiger partial charge in [-0.1, -0.05) is 29.8 Å². The second kappa shape index (κ2) is 9.64. The van der Waals surface area contributed by atoms with Crippen LogP contribution in [0.25, 0.3) is 0 Å². The van der Waals surface area contributed by atoms with E-state index in [0.29, 0.717) is 15.8 Å². The topological polar surface area (TPSA) is 111 Å². The molecule has 4 rings (SSSR count). The highest BCUT2D eigenvalue weighted by molar-refractivity contribution is 7.99. The van der Waals surface area contributed by atoms with Gasteiger partial charge < -0.3 is 10.6 Å². The Kier molecular flexibility index (Phi) is 7.19. The molecule has 0 aromatic carbocycles. The number of nitrogens with two attached hydrogens (primary N) is 2. The van der Waals surface area contributed by atoms with Gasteiger partial charge in [0.25, 0.3) is 0 Å². The van der Waals surface area contributed by atoms with Crippen molar-refractivity contribution in [3.63, 3.8) is 0 Å². The zero-order chi connectivity index (χ0) is 23.8. The van der Waals surface area contributed by atoms with Crippen molar-refractivity contribution in [2.45, 2.75) is 67.0 Å². The number of piperidine rings is 1. The van der Waals surface area contributed by atoms with Gasteiger partial charge in [0.05, 0.1) is 21.9 Å². The van der Waals surface area contributed by atoms with Crippen LogP contribution in [-0.4, -0.2) is 37.0 Å². The van der Waals surface area contributed by atoms with Crippen LogP contribution in [0.2, 0.25) is 5.02 Å². The van der Waals surface area contributed by atoms with E-state index in [1.54, 1.807) is 12.3 Å². The van der Waals surface area contributed by atoms with Gasteiger partial charge in [-0.05, 0) is 63.4 Å². The molecule has 2 atom stereocenters. The summed E-state index contributed by atoms with van der Waals surface area (Å²) in [4.78, 5) is 15.3. The number of rotatable bonds is 6. The van der Waals surface area contributed by atoms with E-state index < -0.39 is 16.9 Å². The lowest BCUT2D eigenvalue weighted by Gasteiger charge is -2.45. The average Bonchev–Trinajstić information content (AvgIpc) is 3.14. The fraction of sp³-hybridized carbons (Fsp3) is 0.591. The molecule has 1 aliphatic heterocycles. The van der Waals surface area contributed by atoms with Gasteiger partial charge in [-0.15, -0.1) is 0 Å². The molecule has 2 aliphatic rings. The Labute approximate surface area is 205 Å². The number of pyridine rings is 1. The van der Waals surface area contributed by atoms with E-state index in [1.807, 2.05) is 13.8 Å². The van der Waals surface area contributed by atoms with E-state index in [4.69, 9.17) is 22.5 Å². The Balaban J connectivity index is 1.43. The molecule has 2 aromatic heterocycles. The molecular formula is C22H30ClFN6OS2. The third-order valence-corrected chi connectivity index (χ3v) is 10.0. The minimum absolute atomic E-state index is 0.0538. The molecule has 1 aliphatic carbocycles. The molecule has 2 fully saturated rings. The van der Waals surface area contributed by atoms with Crippen LogP contribution in [-0.2, 0) is 11.0 Å². The predicted molar refractivity (Wildman–Crippen MR) is 132 cm³/mol. The fourth-order valence-electron chi connectivity index (χ4n) is 5.24. The highest BCUT2D eigenvalue weighted by Gasteiger charge is 2.47. The lowest BCUT2D eigenvalue weighted by molar-refractivity contribution is 0.134. The molecule has 0 bridgehead atoms. The zero-order valence-electron chi connectivity index (χ0n) is 18.9. The Bertz CT molecular complexity index is 1050. The minimum atomic E-state index is -1.33. The molecule has 2 aromatic rings. The van der Waals surface area contributed by atoms with Crippen LogP contribution in [0.4, 0.5) is 16.0 Å². The molecule has 1 saturated heterocycles. The van der Waals surface area contributed by atoms with Crippen molar-refractivity contribution in [1.82, 2.24) is 15.0 Å². The molecule has 1 saturated carbocycles. The number of aromatic nitrogens is 3. The lowest BCUT2D eigenvalue weighted by Crippen LogP contribution is -2.45.